The Morgan fingerprint density at radius 2 is 1.90 bits per heavy atom. The van der Waals surface area contributed by atoms with Gasteiger partial charge in [0.2, 0.25) is 0 Å². The highest BCUT2D eigenvalue weighted by atomic mass is 35.5. The molecule has 0 fully saturated rings. The van der Waals surface area contributed by atoms with Crippen molar-refractivity contribution in [2.45, 2.75) is 26.3 Å². The minimum Gasteiger partial charge on any atom is -0.492 e. The van der Waals surface area contributed by atoms with Gasteiger partial charge in [0, 0.05) is 11.2 Å². The van der Waals surface area contributed by atoms with Crippen molar-refractivity contribution in [3.8, 4) is 5.75 Å². The zero-order valence-electron chi connectivity index (χ0n) is 12.5. The van der Waals surface area contributed by atoms with Crippen LogP contribution in [0.3, 0.4) is 0 Å². The maximum atomic E-state index is 5.98. The molecule has 0 bridgehead atoms. The summed E-state index contributed by atoms with van der Waals surface area (Å²) < 4.78 is 5.54. The van der Waals surface area contributed by atoms with Crippen LogP contribution in [0.2, 0.25) is 5.02 Å². The van der Waals surface area contributed by atoms with Crippen molar-refractivity contribution < 1.29 is 4.74 Å². The van der Waals surface area contributed by atoms with Crippen molar-refractivity contribution in [1.29, 1.82) is 0 Å². The van der Waals surface area contributed by atoms with Crippen LogP contribution in [0.5, 0.6) is 5.75 Å². The zero-order valence-corrected chi connectivity index (χ0v) is 13.2. The lowest BCUT2D eigenvalue weighted by Crippen LogP contribution is -2.23. The second-order valence-electron chi connectivity index (χ2n) is 4.83. The first-order chi connectivity index (χ1) is 10.2. The first-order valence-corrected chi connectivity index (χ1v) is 7.69. The maximum Gasteiger partial charge on any atom is 0.137 e. The van der Waals surface area contributed by atoms with E-state index in [9.17, 15) is 0 Å². The summed E-state index contributed by atoms with van der Waals surface area (Å²) in [5.41, 5.74) is 2.26. The fourth-order valence-corrected chi connectivity index (χ4v) is 2.34. The number of nitrogens with zero attached hydrogens (tertiary/aromatic N) is 1. The van der Waals surface area contributed by atoms with E-state index < -0.39 is 0 Å². The number of rotatable bonds is 7. The van der Waals surface area contributed by atoms with Crippen LogP contribution in [0, 0.1) is 0 Å². The molecule has 0 spiro atoms. The Kier molecular flexibility index (Phi) is 6.03. The van der Waals surface area contributed by atoms with Crippen molar-refractivity contribution >= 4 is 11.6 Å². The largest absolute Gasteiger partial charge is 0.492 e. The minimum atomic E-state index is 0.0927. The highest BCUT2D eigenvalue weighted by Crippen LogP contribution is 2.25. The van der Waals surface area contributed by atoms with Crippen LogP contribution < -0.4 is 10.1 Å². The quantitative estimate of drug-likeness (QED) is 0.831. The molecule has 0 saturated carbocycles. The summed E-state index contributed by atoms with van der Waals surface area (Å²) in [6.45, 7) is 5.70. The third-order valence-corrected chi connectivity index (χ3v) is 3.43. The van der Waals surface area contributed by atoms with Gasteiger partial charge in [0.25, 0.3) is 0 Å². The van der Waals surface area contributed by atoms with Crippen molar-refractivity contribution in [3.63, 3.8) is 0 Å². The fourth-order valence-electron chi connectivity index (χ4n) is 2.21. The van der Waals surface area contributed by atoms with E-state index in [0.29, 0.717) is 6.61 Å². The van der Waals surface area contributed by atoms with Gasteiger partial charge in [0.05, 0.1) is 18.8 Å². The molecule has 1 unspecified atom stereocenters. The first kappa shape index (κ1) is 15.8. The number of hydrogen-bond donors (Lipinski definition) is 1. The molecule has 1 N–H and O–H groups in total. The molecule has 1 heterocycles. The van der Waals surface area contributed by atoms with Gasteiger partial charge in [0.1, 0.15) is 5.75 Å². The second kappa shape index (κ2) is 8.01. The fraction of sp³-hybridized carbons (Fsp3) is 0.353. The van der Waals surface area contributed by atoms with Gasteiger partial charge >= 0.3 is 0 Å². The second-order valence-corrected chi connectivity index (χ2v) is 5.26. The molecular formula is C17H21ClN2O. The minimum absolute atomic E-state index is 0.0927. The van der Waals surface area contributed by atoms with Crippen LogP contribution in [0.25, 0.3) is 0 Å². The molecular weight excluding hydrogens is 284 g/mol. The number of pyridine rings is 1. The van der Waals surface area contributed by atoms with E-state index in [2.05, 4.69) is 17.2 Å². The molecule has 0 saturated heterocycles. The molecule has 2 rings (SSSR count). The summed E-state index contributed by atoms with van der Waals surface area (Å²) in [6, 6.07) is 10.1. The monoisotopic (exact) mass is 304 g/mol. The molecule has 0 aliphatic rings. The zero-order chi connectivity index (χ0) is 15.1. The molecule has 2 aromatic rings. The van der Waals surface area contributed by atoms with Gasteiger partial charge in [-0.2, -0.15) is 0 Å². The molecule has 21 heavy (non-hydrogen) atoms. The molecule has 0 amide bonds. The summed E-state index contributed by atoms with van der Waals surface area (Å²) in [5.74, 6) is 0.798. The predicted octanol–water partition coefficient (Wildman–Crippen LogP) is 4.22. The number of benzene rings is 1. The smallest absolute Gasteiger partial charge is 0.137 e. The summed E-state index contributed by atoms with van der Waals surface area (Å²) in [5, 5.41) is 4.30. The van der Waals surface area contributed by atoms with Crippen LogP contribution in [0.15, 0.2) is 42.7 Å². The van der Waals surface area contributed by atoms with E-state index in [1.165, 1.54) is 5.56 Å². The van der Waals surface area contributed by atoms with Gasteiger partial charge in [0.15, 0.2) is 0 Å². The van der Waals surface area contributed by atoms with Crippen molar-refractivity contribution in [2.75, 3.05) is 13.2 Å². The van der Waals surface area contributed by atoms with Gasteiger partial charge in [-0.25, -0.2) is 0 Å². The SMILES string of the molecule is CCCNC(c1ccc(Cl)cc1)c1cncc(OCC)c1. The molecule has 0 aliphatic heterocycles. The molecule has 1 aromatic carbocycles. The Hall–Kier alpha value is -1.58. The number of hydrogen-bond acceptors (Lipinski definition) is 3. The van der Waals surface area contributed by atoms with Gasteiger partial charge in [-0.3, -0.25) is 4.98 Å². The van der Waals surface area contributed by atoms with Crippen molar-refractivity contribution in [1.82, 2.24) is 10.3 Å². The third kappa shape index (κ3) is 4.45. The Balaban J connectivity index is 2.30. The first-order valence-electron chi connectivity index (χ1n) is 7.31. The lowest BCUT2D eigenvalue weighted by atomic mass is 10.00. The summed E-state index contributed by atoms with van der Waals surface area (Å²) >= 11 is 5.98. The van der Waals surface area contributed by atoms with Crippen LogP contribution >= 0.6 is 11.6 Å². The molecule has 3 nitrogen and oxygen atoms in total. The Bertz CT molecular complexity index is 557. The molecule has 0 radical (unpaired) electrons. The normalized spacial score (nSPS) is 12.1. The van der Waals surface area contributed by atoms with E-state index in [1.54, 1.807) is 6.20 Å². The number of aromatic nitrogens is 1. The molecule has 1 aromatic heterocycles. The summed E-state index contributed by atoms with van der Waals surface area (Å²) in [4.78, 5) is 4.28. The van der Waals surface area contributed by atoms with Crippen LogP contribution in [-0.2, 0) is 0 Å². The highest BCUT2D eigenvalue weighted by Gasteiger charge is 2.14. The summed E-state index contributed by atoms with van der Waals surface area (Å²) in [7, 11) is 0. The van der Waals surface area contributed by atoms with Crippen LogP contribution in [0.4, 0.5) is 0 Å². The van der Waals surface area contributed by atoms with Gasteiger partial charge in [-0.1, -0.05) is 30.7 Å². The van der Waals surface area contributed by atoms with Crippen LogP contribution in [0.1, 0.15) is 37.4 Å². The number of halogens is 1. The molecule has 1 atom stereocenters. The lowest BCUT2D eigenvalue weighted by Gasteiger charge is -2.20. The van der Waals surface area contributed by atoms with Crippen molar-refractivity contribution in [3.05, 3.63) is 58.9 Å². The van der Waals surface area contributed by atoms with Gasteiger partial charge in [-0.05, 0) is 49.2 Å². The molecule has 112 valence electrons. The van der Waals surface area contributed by atoms with E-state index in [4.69, 9.17) is 16.3 Å². The lowest BCUT2D eigenvalue weighted by molar-refractivity contribution is 0.338. The van der Waals surface area contributed by atoms with Gasteiger partial charge < -0.3 is 10.1 Å². The maximum absolute atomic E-state index is 5.98. The average Bonchev–Trinajstić information content (AvgIpc) is 2.50. The van der Waals surface area contributed by atoms with Crippen LogP contribution in [-0.4, -0.2) is 18.1 Å². The van der Waals surface area contributed by atoms with E-state index >= 15 is 0 Å². The Labute approximate surface area is 131 Å². The number of ether oxygens (including phenoxy) is 1. The highest BCUT2D eigenvalue weighted by molar-refractivity contribution is 6.30. The van der Waals surface area contributed by atoms with Crippen molar-refractivity contribution in [2.24, 2.45) is 0 Å². The van der Waals surface area contributed by atoms with E-state index in [-0.39, 0.29) is 6.04 Å². The average molecular weight is 305 g/mol. The van der Waals surface area contributed by atoms with E-state index in [0.717, 1.165) is 29.3 Å². The predicted molar refractivity (Wildman–Crippen MR) is 87.0 cm³/mol. The number of nitrogens with one attached hydrogen (secondary N) is 1. The molecule has 0 aliphatic carbocycles. The van der Waals surface area contributed by atoms with Gasteiger partial charge in [-0.15, -0.1) is 0 Å². The topological polar surface area (TPSA) is 34.2 Å². The Morgan fingerprint density at radius 3 is 2.57 bits per heavy atom. The third-order valence-electron chi connectivity index (χ3n) is 3.18. The summed E-state index contributed by atoms with van der Waals surface area (Å²) in [6.07, 6.45) is 4.69. The molecule has 4 heteroatoms. The standard InChI is InChI=1S/C17H21ClN2O/c1-3-9-20-17(13-5-7-15(18)8-6-13)14-10-16(21-4-2)12-19-11-14/h5-8,10-12,17,20H,3-4,9H2,1-2H3. The Morgan fingerprint density at radius 1 is 1.14 bits per heavy atom. The van der Waals surface area contributed by atoms with E-state index in [1.807, 2.05) is 43.5 Å².